The first-order valence-electron chi connectivity index (χ1n) is 4.76. The molecule has 0 aliphatic carbocycles. The first-order valence-corrected chi connectivity index (χ1v) is 6.75. The van der Waals surface area contributed by atoms with Crippen molar-refractivity contribution in [1.29, 1.82) is 0 Å². The van der Waals surface area contributed by atoms with E-state index < -0.39 is 0 Å². The largest absolute Gasteiger partial charge is 0.379 e. The summed E-state index contributed by atoms with van der Waals surface area (Å²) in [6.45, 7) is 2.82. The van der Waals surface area contributed by atoms with Gasteiger partial charge in [-0.1, -0.05) is 23.7 Å². The first kappa shape index (κ1) is 11.9. The molecule has 0 aliphatic heterocycles. The van der Waals surface area contributed by atoms with Gasteiger partial charge in [0.2, 0.25) is 0 Å². The number of para-hydroxylation sites is 1. The van der Waals surface area contributed by atoms with Gasteiger partial charge in [0.15, 0.2) is 4.47 Å². The summed E-state index contributed by atoms with van der Waals surface area (Å²) < 4.78 is 1.66. The van der Waals surface area contributed by atoms with Gasteiger partial charge < -0.3 is 5.32 Å². The third-order valence-electron chi connectivity index (χ3n) is 2.19. The molecule has 0 saturated carbocycles. The monoisotopic (exact) mass is 316 g/mol. The number of benzene rings is 1. The van der Waals surface area contributed by atoms with Gasteiger partial charge in [0.05, 0.1) is 12.2 Å². The minimum Gasteiger partial charge on any atom is -0.379 e. The molecule has 0 amide bonds. The number of nitrogens with zero attached hydrogens (tertiary/aromatic N) is 1. The second kappa shape index (κ2) is 5.17. The molecule has 0 spiro atoms. The number of aryl methyl sites for hydroxylation is 1. The summed E-state index contributed by atoms with van der Waals surface area (Å²) in [4.78, 5) is 5.13. The fourth-order valence-corrected chi connectivity index (χ4v) is 2.92. The van der Waals surface area contributed by atoms with Crippen molar-refractivity contribution in [2.45, 2.75) is 13.5 Å². The molecule has 0 saturated heterocycles. The third kappa shape index (κ3) is 2.75. The van der Waals surface area contributed by atoms with Gasteiger partial charge in [0.25, 0.3) is 0 Å². The lowest BCUT2D eigenvalue weighted by molar-refractivity contribution is 1.16. The summed E-state index contributed by atoms with van der Waals surface area (Å²) in [6.07, 6.45) is 1.80. The van der Waals surface area contributed by atoms with Gasteiger partial charge in [-0.3, -0.25) is 0 Å². The van der Waals surface area contributed by atoms with Crippen LogP contribution in [0.5, 0.6) is 0 Å². The number of rotatable bonds is 3. The molecule has 2 rings (SSSR count). The van der Waals surface area contributed by atoms with E-state index in [1.54, 1.807) is 6.20 Å². The fourth-order valence-electron chi connectivity index (χ4n) is 1.40. The van der Waals surface area contributed by atoms with Crippen LogP contribution in [0.4, 0.5) is 5.69 Å². The molecule has 1 N–H and O–H groups in total. The average molecular weight is 318 g/mol. The zero-order valence-electron chi connectivity index (χ0n) is 8.63. The molecule has 2 aromatic rings. The maximum atomic E-state index is 5.78. The van der Waals surface area contributed by atoms with Crippen molar-refractivity contribution in [3.05, 3.63) is 43.8 Å². The van der Waals surface area contributed by atoms with Crippen LogP contribution in [0.1, 0.15) is 10.4 Å². The van der Waals surface area contributed by atoms with Crippen LogP contribution in [0.25, 0.3) is 0 Å². The van der Waals surface area contributed by atoms with E-state index in [0.717, 1.165) is 21.6 Å². The molecule has 1 aromatic heterocycles. The molecule has 1 heterocycles. The van der Waals surface area contributed by atoms with E-state index in [0.29, 0.717) is 4.47 Å². The summed E-state index contributed by atoms with van der Waals surface area (Å²) in [7, 11) is 0. The summed E-state index contributed by atoms with van der Waals surface area (Å²) in [5, 5.41) is 3.38. The lowest BCUT2D eigenvalue weighted by Gasteiger charge is -2.10. The number of thiazole rings is 1. The predicted molar refractivity (Wildman–Crippen MR) is 73.3 cm³/mol. The van der Waals surface area contributed by atoms with Crippen molar-refractivity contribution in [3.8, 4) is 0 Å². The Kier molecular flexibility index (Phi) is 3.84. The van der Waals surface area contributed by atoms with Gasteiger partial charge in [-0.15, -0.1) is 11.3 Å². The summed E-state index contributed by atoms with van der Waals surface area (Å²) >= 11 is 10.8. The van der Waals surface area contributed by atoms with Gasteiger partial charge in [-0.2, -0.15) is 0 Å². The maximum absolute atomic E-state index is 5.78. The normalized spacial score (nSPS) is 10.4. The van der Waals surface area contributed by atoms with Crippen molar-refractivity contribution < 1.29 is 0 Å². The Labute approximate surface area is 112 Å². The van der Waals surface area contributed by atoms with Crippen LogP contribution in [0, 0.1) is 6.92 Å². The molecule has 0 fully saturated rings. The Morgan fingerprint density at radius 3 is 2.94 bits per heavy atom. The van der Waals surface area contributed by atoms with Crippen LogP contribution in [-0.4, -0.2) is 4.98 Å². The molecule has 16 heavy (non-hydrogen) atoms. The van der Waals surface area contributed by atoms with Gasteiger partial charge >= 0.3 is 0 Å². The summed E-state index contributed by atoms with van der Waals surface area (Å²) in [5.74, 6) is 0. The van der Waals surface area contributed by atoms with Crippen molar-refractivity contribution in [3.63, 3.8) is 0 Å². The zero-order chi connectivity index (χ0) is 11.5. The molecule has 0 aliphatic rings. The van der Waals surface area contributed by atoms with E-state index in [-0.39, 0.29) is 0 Å². The summed E-state index contributed by atoms with van der Waals surface area (Å²) in [5.41, 5.74) is 2.33. The highest BCUT2D eigenvalue weighted by atomic mass is 79.9. The van der Waals surface area contributed by atoms with E-state index in [2.05, 4.69) is 39.2 Å². The summed E-state index contributed by atoms with van der Waals surface area (Å²) in [6, 6.07) is 6.12. The van der Waals surface area contributed by atoms with Crippen molar-refractivity contribution >= 4 is 44.6 Å². The van der Waals surface area contributed by atoms with Crippen LogP contribution in [0.3, 0.4) is 0 Å². The maximum Gasteiger partial charge on any atom is 0.183 e. The number of anilines is 1. The SMILES string of the molecule is Cc1cccc(Br)c1NCc1cnc(Cl)s1. The highest BCUT2D eigenvalue weighted by molar-refractivity contribution is 9.10. The van der Waals surface area contributed by atoms with Crippen LogP contribution >= 0.6 is 38.9 Å². The minimum atomic E-state index is 0.584. The van der Waals surface area contributed by atoms with Crippen molar-refractivity contribution in [2.24, 2.45) is 0 Å². The molecule has 1 aromatic carbocycles. The Morgan fingerprint density at radius 1 is 1.50 bits per heavy atom. The quantitative estimate of drug-likeness (QED) is 0.903. The number of aromatic nitrogens is 1. The topological polar surface area (TPSA) is 24.9 Å². The molecule has 0 radical (unpaired) electrons. The fraction of sp³-hybridized carbons (Fsp3) is 0.182. The van der Waals surface area contributed by atoms with E-state index in [1.807, 2.05) is 12.1 Å². The second-order valence-electron chi connectivity index (χ2n) is 3.36. The Hall–Kier alpha value is -0.580. The Bertz CT molecular complexity index is 478. The van der Waals surface area contributed by atoms with E-state index in [9.17, 15) is 0 Å². The Balaban J connectivity index is 2.10. The molecule has 0 unspecified atom stereocenters. The number of halogens is 2. The molecule has 5 heteroatoms. The van der Waals surface area contributed by atoms with Crippen LogP contribution in [0.15, 0.2) is 28.9 Å². The molecular formula is C11H10BrClN2S. The van der Waals surface area contributed by atoms with Crippen LogP contribution in [-0.2, 0) is 6.54 Å². The number of hydrogen-bond donors (Lipinski definition) is 1. The first-order chi connectivity index (χ1) is 7.66. The number of nitrogens with one attached hydrogen (secondary N) is 1. The van der Waals surface area contributed by atoms with E-state index in [1.165, 1.54) is 16.9 Å². The second-order valence-corrected chi connectivity index (χ2v) is 5.92. The van der Waals surface area contributed by atoms with Gasteiger partial charge in [0, 0.05) is 15.5 Å². The van der Waals surface area contributed by atoms with Crippen molar-refractivity contribution in [1.82, 2.24) is 4.98 Å². The highest BCUT2D eigenvalue weighted by Crippen LogP contribution is 2.27. The molecular weight excluding hydrogens is 308 g/mol. The lowest BCUT2D eigenvalue weighted by atomic mass is 10.2. The smallest absolute Gasteiger partial charge is 0.183 e. The van der Waals surface area contributed by atoms with E-state index in [4.69, 9.17) is 11.6 Å². The van der Waals surface area contributed by atoms with Gasteiger partial charge in [-0.05, 0) is 34.5 Å². The Morgan fingerprint density at radius 2 is 2.31 bits per heavy atom. The average Bonchev–Trinajstić information content (AvgIpc) is 2.63. The van der Waals surface area contributed by atoms with Crippen molar-refractivity contribution in [2.75, 3.05) is 5.32 Å². The lowest BCUT2D eigenvalue weighted by Crippen LogP contribution is -2.00. The highest BCUT2D eigenvalue weighted by Gasteiger charge is 2.04. The standard InChI is InChI=1S/C11H10BrClN2S/c1-7-3-2-4-9(12)10(7)14-5-8-6-15-11(13)16-8/h2-4,6,14H,5H2,1H3. The number of hydrogen-bond acceptors (Lipinski definition) is 3. The zero-order valence-corrected chi connectivity index (χ0v) is 11.8. The molecule has 2 nitrogen and oxygen atoms in total. The third-order valence-corrected chi connectivity index (χ3v) is 3.96. The van der Waals surface area contributed by atoms with Crippen LogP contribution < -0.4 is 5.32 Å². The van der Waals surface area contributed by atoms with Gasteiger partial charge in [-0.25, -0.2) is 4.98 Å². The molecule has 0 atom stereocenters. The predicted octanol–water partition coefficient (Wildman–Crippen LogP) is 4.48. The molecule has 84 valence electrons. The van der Waals surface area contributed by atoms with E-state index >= 15 is 0 Å². The van der Waals surface area contributed by atoms with Crippen LogP contribution in [0.2, 0.25) is 4.47 Å². The minimum absolute atomic E-state index is 0.584. The molecule has 0 bridgehead atoms. The van der Waals surface area contributed by atoms with Gasteiger partial charge in [0.1, 0.15) is 0 Å².